The molecule has 3 unspecified atom stereocenters. The van der Waals surface area contributed by atoms with Crippen molar-refractivity contribution in [1.29, 1.82) is 0 Å². The van der Waals surface area contributed by atoms with E-state index >= 15 is 0 Å². The highest BCUT2D eigenvalue weighted by molar-refractivity contribution is 8.02. The van der Waals surface area contributed by atoms with E-state index in [0.29, 0.717) is 6.04 Å². The third kappa shape index (κ3) is 4.37. The molecule has 0 spiro atoms. The minimum absolute atomic E-state index is 0.417. The molecule has 1 saturated carbocycles. The van der Waals surface area contributed by atoms with Gasteiger partial charge in [0.2, 0.25) is 0 Å². The summed E-state index contributed by atoms with van der Waals surface area (Å²) in [6.45, 7) is 3.80. The molecule has 4 nitrogen and oxygen atoms in total. The highest BCUT2D eigenvalue weighted by Gasteiger charge is 2.35. The zero-order valence-corrected chi connectivity index (χ0v) is 21.5. The molecule has 0 aromatic heterocycles. The molecule has 36 heavy (non-hydrogen) atoms. The molecule has 2 fully saturated rings. The van der Waals surface area contributed by atoms with E-state index in [4.69, 9.17) is 0 Å². The van der Waals surface area contributed by atoms with Crippen molar-refractivity contribution in [2.45, 2.75) is 57.7 Å². The summed E-state index contributed by atoms with van der Waals surface area (Å²) in [7, 11) is -1.74. The molecular formula is C29H33F2N3OS. The van der Waals surface area contributed by atoms with Crippen LogP contribution in [0.15, 0.2) is 60.3 Å². The van der Waals surface area contributed by atoms with Crippen LogP contribution in [0.25, 0.3) is 0 Å². The fourth-order valence-electron chi connectivity index (χ4n) is 6.03. The molecule has 2 N–H and O–H groups in total. The Balaban J connectivity index is 1.20. The second-order valence-corrected chi connectivity index (χ2v) is 13.5. The largest absolute Gasteiger partial charge is 0.376 e. The van der Waals surface area contributed by atoms with E-state index in [-0.39, 0.29) is 0 Å². The first-order valence-electron chi connectivity index (χ1n) is 13.0. The molecule has 2 aromatic carbocycles. The van der Waals surface area contributed by atoms with Gasteiger partial charge in [0.05, 0.1) is 0 Å². The zero-order chi connectivity index (χ0) is 24.9. The molecule has 1 saturated heterocycles. The lowest BCUT2D eigenvalue weighted by Gasteiger charge is -2.34. The van der Waals surface area contributed by atoms with Crippen molar-refractivity contribution in [2.75, 3.05) is 23.4 Å². The molecule has 7 heteroatoms. The van der Waals surface area contributed by atoms with Crippen LogP contribution >= 0.6 is 0 Å². The van der Waals surface area contributed by atoms with Gasteiger partial charge >= 0.3 is 0 Å². The Morgan fingerprint density at radius 2 is 2.00 bits per heavy atom. The van der Waals surface area contributed by atoms with Crippen LogP contribution in [0.1, 0.15) is 54.0 Å². The summed E-state index contributed by atoms with van der Waals surface area (Å²) in [6.07, 6.45) is 7.51. The minimum atomic E-state index is -1.74. The molecular weight excluding hydrogens is 476 g/mol. The molecule has 190 valence electrons. The first kappa shape index (κ1) is 23.7. The summed E-state index contributed by atoms with van der Waals surface area (Å²) in [5.74, 6) is 0.587. The molecule has 6 rings (SSSR count). The number of allylic oxidation sites excluding steroid dienone is 2. The topological polar surface area (TPSA) is 44.4 Å². The number of benzene rings is 2. The lowest BCUT2D eigenvalue weighted by atomic mass is 9.95. The van der Waals surface area contributed by atoms with Crippen LogP contribution in [0, 0.1) is 6.92 Å². The van der Waals surface area contributed by atoms with Gasteiger partial charge in [0.25, 0.3) is 0 Å². The van der Waals surface area contributed by atoms with Crippen molar-refractivity contribution in [3.63, 3.8) is 0 Å². The van der Waals surface area contributed by atoms with Crippen LogP contribution in [-0.4, -0.2) is 38.1 Å². The monoisotopic (exact) mass is 509 g/mol. The molecule has 2 aromatic rings. The van der Waals surface area contributed by atoms with Gasteiger partial charge in [-0.25, -0.2) is 8.78 Å². The van der Waals surface area contributed by atoms with Gasteiger partial charge in [0.1, 0.15) is 17.7 Å². The molecule has 4 aliphatic rings. The summed E-state index contributed by atoms with van der Waals surface area (Å²) in [6, 6.07) is 12.0. The Hall–Kier alpha value is -2.64. The van der Waals surface area contributed by atoms with Crippen LogP contribution in [-0.2, 0) is 22.5 Å². The first-order chi connectivity index (χ1) is 17.4. The van der Waals surface area contributed by atoms with Crippen LogP contribution < -0.4 is 10.6 Å². The maximum absolute atomic E-state index is 14.5. The number of aryl methyl sites for hydroxylation is 1. The number of halogens is 2. The van der Waals surface area contributed by atoms with Gasteiger partial charge in [0, 0.05) is 54.3 Å². The van der Waals surface area contributed by atoms with Gasteiger partial charge in [-0.2, -0.15) is 0 Å². The van der Waals surface area contributed by atoms with E-state index in [1.165, 1.54) is 28.6 Å². The van der Waals surface area contributed by atoms with Crippen molar-refractivity contribution in [1.82, 2.24) is 10.2 Å². The number of rotatable bonds is 4. The third-order valence-electron chi connectivity index (χ3n) is 8.30. The van der Waals surface area contributed by atoms with Crippen LogP contribution in [0.3, 0.4) is 0 Å². The quantitative estimate of drug-likeness (QED) is 0.510. The van der Waals surface area contributed by atoms with E-state index in [1.807, 2.05) is 25.1 Å². The lowest BCUT2D eigenvalue weighted by Crippen LogP contribution is -2.40. The molecule has 3 heterocycles. The summed E-state index contributed by atoms with van der Waals surface area (Å²) < 4.78 is 41.3. The fraction of sp³-hybridized carbons (Fsp3) is 0.414. The van der Waals surface area contributed by atoms with Crippen molar-refractivity contribution in [2.24, 2.45) is 0 Å². The number of fused-ring (bicyclic) bond motifs is 1. The average Bonchev–Trinajstić information content (AvgIpc) is 3.21. The third-order valence-corrected chi connectivity index (χ3v) is 11.6. The van der Waals surface area contributed by atoms with Gasteiger partial charge in [-0.3, -0.25) is 9.11 Å². The molecule has 3 aliphatic heterocycles. The Kier molecular flexibility index (Phi) is 6.16. The molecule has 1 aliphatic carbocycles. The number of hydrogen-bond donors (Lipinski definition) is 2. The zero-order valence-electron chi connectivity index (χ0n) is 20.7. The Morgan fingerprint density at radius 1 is 1.14 bits per heavy atom. The van der Waals surface area contributed by atoms with Gasteiger partial charge in [-0.1, -0.05) is 18.2 Å². The number of anilines is 2. The second kappa shape index (κ2) is 9.34. The average molecular weight is 510 g/mol. The minimum Gasteiger partial charge on any atom is -0.376 e. The number of nitrogens with zero attached hydrogens (tertiary/aromatic N) is 1. The highest BCUT2D eigenvalue weighted by Crippen LogP contribution is 2.35. The predicted octanol–water partition coefficient (Wildman–Crippen LogP) is 5.82. The van der Waals surface area contributed by atoms with E-state index in [2.05, 4.69) is 33.7 Å². The van der Waals surface area contributed by atoms with E-state index in [1.54, 1.807) is 0 Å². The van der Waals surface area contributed by atoms with Gasteiger partial charge in [-0.05, 0) is 93.9 Å². The number of hydrogen-bond acceptors (Lipinski definition) is 4. The summed E-state index contributed by atoms with van der Waals surface area (Å²) >= 11 is 0. The van der Waals surface area contributed by atoms with E-state index in [9.17, 15) is 13.0 Å². The summed E-state index contributed by atoms with van der Waals surface area (Å²) in [4.78, 5) is 3.89. The smallest absolute Gasteiger partial charge is 0.141 e. The van der Waals surface area contributed by atoms with Crippen molar-refractivity contribution in [3.8, 4) is 0 Å². The van der Waals surface area contributed by atoms with Crippen molar-refractivity contribution >= 4 is 25.8 Å². The Morgan fingerprint density at radius 3 is 2.78 bits per heavy atom. The van der Waals surface area contributed by atoms with Gasteiger partial charge in [-0.15, -0.1) is 0 Å². The number of nitrogens with one attached hydrogen (secondary N) is 2. The molecule has 0 radical (unpaired) electrons. The van der Waals surface area contributed by atoms with Crippen molar-refractivity contribution in [3.05, 3.63) is 82.6 Å². The van der Waals surface area contributed by atoms with E-state index < -0.39 is 27.2 Å². The predicted molar refractivity (Wildman–Crippen MR) is 144 cm³/mol. The summed E-state index contributed by atoms with van der Waals surface area (Å²) in [5.41, 5.74) is 6.30. The fourth-order valence-corrected chi connectivity index (χ4v) is 9.41. The maximum Gasteiger partial charge on any atom is 0.141 e. The van der Waals surface area contributed by atoms with Crippen LogP contribution in [0.4, 0.5) is 20.2 Å². The Labute approximate surface area is 212 Å². The standard InChI is InChI=1S/C29H33F2N3OS/c1-19-8-9-22(15-26(19)29-27(31)14-21(30)16-32-29)33-28-7-2-4-20-17-34(12-10-25(20)28)23-11-13-36(35,18-23)24-5-3-6-24/h2,4,7-9,14-16,23,29,32-33H,3,5-6,10-13,17-18H2,1H3. The summed E-state index contributed by atoms with van der Waals surface area (Å²) in [5, 5.41) is 6.40. The van der Waals surface area contributed by atoms with Crippen LogP contribution in [0.2, 0.25) is 0 Å². The van der Waals surface area contributed by atoms with Crippen molar-refractivity contribution < 1.29 is 13.0 Å². The number of dihydropyridines is 1. The van der Waals surface area contributed by atoms with E-state index in [0.717, 1.165) is 78.9 Å². The SMILES string of the molecule is Cc1ccc(Nc2cccc3c2CCN(C2CCS(=O)(=C4CCC4)C2)C3)cc1C1NC=C(F)C=C1F. The molecule has 3 atom stereocenters. The molecule has 0 bridgehead atoms. The van der Waals surface area contributed by atoms with Crippen LogP contribution in [0.5, 0.6) is 0 Å². The first-order valence-corrected chi connectivity index (χ1v) is 14.8. The highest BCUT2D eigenvalue weighted by atomic mass is 32.2. The second-order valence-electron chi connectivity index (χ2n) is 10.5. The van der Waals surface area contributed by atoms with Gasteiger partial charge < -0.3 is 10.6 Å². The molecule has 0 amide bonds. The van der Waals surface area contributed by atoms with Gasteiger partial charge in [0.15, 0.2) is 0 Å². The maximum atomic E-state index is 14.5. The Bertz CT molecular complexity index is 1380. The normalized spacial score (nSPS) is 28.0. The lowest BCUT2D eigenvalue weighted by molar-refractivity contribution is 0.195.